The Balaban J connectivity index is 1.69. The van der Waals surface area contributed by atoms with Crippen molar-refractivity contribution in [3.8, 4) is 5.75 Å². The van der Waals surface area contributed by atoms with Crippen molar-refractivity contribution in [1.82, 2.24) is 4.90 Å². The van der Waals surface area contributed by atoms with Gasteiger partial charge in [0.05, 0.1) is 10.6 Å². The highest BCUT2D eigenvalue weighted by molar-refractivity contribution is 6.33. The van der Waals surface area contributed by atoms with Gasteiger partial charge in [0.1, 0.15) is 11.6 Å². The minimum Gasteiger partial charge on any atom is -0.508 e. The number of hydrogen-bond acceptors (Lipinski definition) is 2. The molecule has 0 bridgehead atoms. The van der Waals surface area contributed by atoms with Crippen LogP contribution in [0.5, 0.6) is 5.75 Å². The summed E-state index contributed by atoms with van der Waals surface area (Å²) in [6.07, 6.45) is 1.62. The summed E-state index contributed by atoms with van der Waals surface area (Å²) in [5, 5.41) is 9.50. The molecule has 3 rings (SSSR count). The fraction of sp³-hybridized carbons (Fsp3) is 0.278. The SMILES string of the molecule is O=C(c1c(F)cccc1Cl)N1CCC(c2ccc(O)cc2)CC1. The zero-order valence-electron chi connectivity index (χ0n) is 12.5. The Labute approximate surface area is 139 Å². The Hall–Kier alpha value is -2.07. The van der Waals surface area contributed by atoms with Crippen LogP contribution in [0.2, 0.25) is 5.02 Å². The van der Waals surface area contributed by atoms with E-state index in [0.29, 0.717) is 19.0 Å². The van der Waals surface area contributed by atoms with Crippen LogP contribution in [0.4, 0.5) is 4.39 Å². The van der Waals surface area contributed by atoms with Gasteiger partial charge in [0.2, 0.25) is 0 Å². The summed E-state index contributed by atoms with van der Waals surface area (Å²) in [6, 6.07) is 11.4. The van der Waals surface area contributed by atoms with Gasteiger partial charge in [0.25, 0.3) is 5.91 Å². The van der Waals surface area contributed by atoms with Gasteiger partial charge in [-0.2, -0.15) is 0 Å². The average Bonchev–Trinajstić information content (AvgIpc) is 2.55. The summed E-state index contributed by atoms with van der Waals surface area (Å²) in [6.45, 7) is 1.13. The lowest BCUT2D eigenvalue weighted by atomic mass is 9.89. The fourth-order valence-corrected chi connectivity index (χ4v) is 3.27. The minimum atomic E-state index is -0.580. The van der Waals surface area contributed by atoms with Crippen LogP contribution in [0.15, 0.2) is 42.5 Å². The Kier molecular flexibility index (Phi) is 4.53. The molecule has 1 N–H and O–H groups in total. The average molecular weight is 334 g/mol. The Morgan fingerprint density at radius 2 is 1.78 bits per heavy atom. The predicted octanol–water partition coefficient (Wildman–Crippen LogP) is 4.20. The normalized spacial score (nSPS) is 15.7. The molecule has 23 heavy (non-hydrogen) atoms. The molecule has 0 saturated carbocycles. The number of rotatable bonds is 2. The summed E-state index contributed by atoms with van der Waals surface area (Å²) in [4.78, 5) is 14.2. The zero-order valence-corrected chi connectivity index (χ0v) is 13.3. The Bertz CT molecular complexity index is 689. The van der Waals surface area contributed by atoms with E-state index in [9.17, 15) is 14.3 Å². The lowest BCUT2D eigenvalue weighted by Gasteiger charge is -2.32. The van der Waals surface area contributed by atoms with Crippen LogP contribution in [0.3, 0.4) is 0 Å². The molecule has 1 heterocycles. The first-order valence-corrected chi connectivity index (χ1v) is 7.96. The number of aromatic hydroxyl groups is 1. The molecule has 1 aliphatic rings. The second kappa shape index (κ2) is 6.59. The standard InChI is InChI=1S/C18H17ClFNO2/c19-15-2-1-3-16(20)17(15)18(23)21-10-8-13(9-11-21)12-4-6-14(22)7-5-12/h1-7,13,22H,8-11H2. The maximum absolute atomic E-state index is 13.9. The van der Waals surface area contributed by atoms with Crippen molar-refractivity contribution in [2.24, 2.45) is 0 Å². The summed E-state index contributed by atoms with van der Waals surface area (Å²) in [5.74, 6) is -0.341. The maximum Gasteiger partial charge on any atom is 0.258 e. The van der Waals surface area contributed by atoms with Gasteiger partial charge in [-0.05, 0) is 48.6 Å². The molecule has 5 heteroatoms. The van der Waals surface area contributed by atoms with Crippen LogP contribution in [0, 0.1) is 5.82 Å². The monoisotopic (exact) mass is 333 g/mol. The molecular weight excluding hydrogens is 317 g/mol. The zero-order chi connectivity index (χ0) is 16.4. The highest BCUT2D eigenvalue weighted by Gasteiger charge is 2.27. The number of phenolic OH excluding ortho intramolecular Hbond substituents is 1. The van der Waals surface area contributed by atoms with E-state index in [1.165, 1.54) is 18.2 Å². The van der Waals surface area contributed by atoms with Crippen molar-refractivity contribution >= 4 is 17.5 Å². The topological polar surface area (TPSA) is 40.5 Å². The van der Waals surface area contributed by atoms with Crippen molar-refractivity contribution in [2.75, 3.05) is 13.1 Å². The maximum atomic E-state index is 13.9. The first-order valence-electron chi connectivity index (χ1n) is 7.58. The van der Waals surface area contributed by atoms with Crippen LogP contribution in [0.1, 0.15) is 34.7 Å². The third-order valence-corrected chi connectivity index (χ3v) is 4.64. The molecule has 120 valence electrons. The molecule has 0 aromatic heterocycles. The highest BCUT2D eigenvalue weighted by atomic mass is 35.5. The molecule has 2 aromatic rings. The van der Waals surface area contributed by atoms with Crippen molar-refractivity contribution in [3.05, 3.63) is 64.4 Å². The van der Waals surface area contributed by atoms with Crippen LogP contribution >= 0.6 is 11.6 Å². The fourth-order valence-electron chi connectivity index (χ4n) is 3.02. The lowest BCUT2D eigenvalue weighted by Crippen LogP contribution is -2.38. The lowest BCUT2D eigenvalue weighted by molar-refractivity contribution is 0.0708. The molecule has 0 spiro atoms. The number of amides is 1. The van der Waals surface area contributed by atoms with E-state index in [4.69, 9.17) is 11.6 Å². The van der Waals surface area contributed by atoms with Crippen LogP contribution in [-0.2, 0) is 0 Å². The Morgan fingerprint density at radius 3 is 2.39 bits per heavy atom. The van der Waals surface area contributed by atoms with Gasteiger partial charge >= 0.3 is 0 Å². The molecule has 1 saturated heterocycles. The molecular formula is C18H17ClFNO2. The van der Waals surface area contributed by atoms with Gasteiger partial charge < -0.3 is 10.0 Å². The third-order valence-electron chi connectivity index (χ3n) is 4.32. The molecule has 0 atom stereocenters. The van der Waals surface area contributed by atoms with E-state index >= 15 is 0 Å². The molecule has 1 amide bonds. The number of halogens is 2. The molecule has 0 unspecified atom stereocenters. The highest BCUT2D eigenvalue weighted by Crippen LogP contribution is 2.30. The van der Waals surface area contributed by atoms with Gasteiger partial charge in [-0.3, -0.25) is 4.79 Å². The molecule has 1 aliphatic heterocycles. The van der Waals surface area contributed by atoms with Crippen molar-refractivity contribution in [2.45, 2.75) is 18.8 Å². The first-order chi connectivity index (χ1) is 11.1. The summed E-state index contributed by atoms with van der Waals surface area (Å²) >= 11 is 5.97. The second-order valence-corrected chi connectivity index (χ2v) is 6.16. The summed E-state index contributed by atoms with van der Waals surface area (Å²) in [7, 11) is 0. The van der Waals surface area contributed by atoms with E-state index in [2.05, 4.69) is 0 Å². The van der Waals surface area contributed by atoms with Crippen LogP contribution in [-0.4, -0.2) is 29.0 Å². The first kappa shape index (κ1) is 15.8. The quantitative estimate of drug-likeness (QED) is 0.894. The van der Waals surface area contributed by atoms with Gasteiger partial charge in [-0.15, -0.1) is 0 Å². The van der Waals surface area contributed by atoms with Gasteiger partial charge in [0.15, 0.2) is 0 Å². The largest absolute Gasteiger partial charge is 0.508 e. The smallest absolute Gasteiger partial charge is 0.258 e. The van der Waals surface area contributed by atoms with Gasteiger partial charge in [-0.25, -0.2) is 4.39 Å². The number of nitrogens with zero attached hydrogens (tertiary/aromatic N) is 1. The number of likely N-dealkylation sites (tertiary alicyclic amines) is 1. The molecule has 3 nitrogen and oxygen atoms in total. The molecule has 1 fully saturated rings. The minimum absolute atomic E-state index is 0.0442. The van der Waals surface area contributed by atoms with E-state index < -0.39 is 5.82 Å². The van der Waals surface area contributed by atoms with Crippen molar-refractivity contribution in [3.63, 3.8) is 0 Å². The number of benzene rings is 2. The number of phenols is 1. The number of piperidine rings is 1. The third kappa shape index (κ3) is 3.32. The number of hydrogen-bond donors (Lipinski definition) is 1. The molecule has 2 aromatic carbocycles. The summed E-state index contributed by atoms with van der Waals surface area (Å²) < 4.78 is 13.9. The van der Waals surface area contributed by atoms with E-state index in [0.717, 1.165) is 18.4 Å². The second-order valence-electron chi connectivity index (χ2n) is 5.75. The van der Waals surface area contributed by atoms with Crippen molar-refractivity contribution in [1.29, 1.82) is 0 Å². The van der Waals surface area contributed by atoms with E-state index in [1.54, 1.807) is 17.0 Å². The molecule has 0 aliphatic carbocycles. The van der Waals surface area contributed by atoms with E-state index in [1.807, 2.05) is 12.1 Å². The van der Waals surface area contributed by atoms with E-state index in [-0.39, 0.29) is 22.2 Å². The van der Waals surface area contributed by atoms with Gasteiger partial charge in [-0.1, -0.05) is 29.8 Å². The van der Waals surface area contributed by atoms with Gasteiger partial charge in [0, 0.05) is 13.1 Å². The summed E-state index contributed by atoms with van der Waals surface area (Å²) in [5.41, 5.74) is 1.11. The van der Waals surface area contributed by atoms with Crippen molar-refractivity contribution < 1.29 is 14.3 Å². The Morgan fingerprint density at radius 1 is 1.13 bits per heavy atom. The number of carbonyl (C=O) groups excluding carboxylic acids is 1. The predicted molar refractivity (Wildman–Crippen MR) is 87.4 cm³/mol. The van der Waals surface area contributed by atoms with Crippen LogP contribution < -0.4 is 0 Å². The number of carbonyl (C=O) groups is 1. The van der Waals surface area contributed by atoms with Crippen LogP contribution in [0.25, 0.3) is 0 Å². The molecule has 0 radical (unpaired) electrons.